The van der Waals surface area contributed by atoms with Gasteiger partial charge in [0.1, 0.15) is 5.82 Å². The van der Waals surface area contributed by atoms with Crippen LogP contribution in [-0.2, 0) is 19.6 Å². The Morgan fingerprint density at radius 2 is 1.82 bits per heavy atom. The van der Waals surface area contributed by atoms with Crippen molar-refractivity contribution >= 4 is 39.2 Å². The zero-order valence-corrected chi connectivity index (χ0v) is 16.8. The number of sulfonamides is 1. The van der Waals surface area contributed by atoms with E-state index in [2.05, 4.69) is 5.32 Å². The summed E-state index contributed by atoms with van der Waals surface area (Å²) in [6, 6.07) is 9.09. The maximum absolute atomic E-state index is 13.6. The summed E-state index contributed by atoms with van der Waals surface area (Å²) in [5.74, 6) is -2.39. The van der Waals surface area contributed by atoms with E-state index in [1.807, 2.05) is 0 Å². The van der Waals surface area contributed by atoms with Crippen LogP contribution in [0.4, 0.5) is 10.1 Å². The first-order valence-electron chi connectivity index (χ1n) is 8.02. The smallest absolute Gasteiger partial charge is 0.340 e. The minimum atomic E-state index is -3.79. The molecule has 0 spiro atoms. The van der Waals surface area contributed by atoms with Crippen LogP contribution < -0.4 is 5.32 Å². The van der Waals surface area contributed by atoms with Gasteiger partial charge < -0.3 is 10.1 Å². The highest BCUT2D eigenvalue weighted by molar-refractivity contribution is 7.89. The highest BCUT2D eigenvalue weighted by Gasteiger charge is 2.24. The van der Waals surface area contributed by atoms with E-state index in [1.165, 1.54) is 57.4 Å². The van der Waals surface area contributed by atoms with E-state index in [-0.39, 0.29) is 21.2 Å². The topological polar surface area (TPSA) is 92.8 Å². The largest absolute Gasteiger partial charge is 0.449 e. The van der Waals surface area contributed by atoms with E-state index in [1.54, 1.807) is 0 Å². The summed E-state index contributed by atoms with van der Waals surface area (Å²) < 4.78 is 44.1. The van der Waals surface area contributed by atoms with Crippen LogP contribution in [0.2, 0.25) is 5.02 Å². The highest BCUT2D eigenvalue weighted by Crippen LogP contribution is 2.23. The fourth-order valence-corrected chi connectivity index (χ4v) is 3.23. The zero-order chi connectivity index (χ0) is 21.1. The third-order valence-electron chi connectivity index (χ3n) is 3.72. The van der Waals surface area contributed by atoms with Crippen LogP contribution in [0.1, 0.15) is 17.3 Å². The first-order valence-corrected chi connectivity index (χ1v) is 9.84. The summed E-state index contributed by atoms with van der Waals surface area (Å²) >= 11 is 5.97. The molecule has 0 bridgehead atoms. The second-order valence-electron chi connectivity index (χ2n) is 5.95. The number of carbonyl (C=O) groups is 2. The van der Waals surface area contributed by atoms with Crippen LogP contribution in [-0.4, -0.2) is 44.8 Å². The fraction of sp³-hybridized carbons (Fsp3) is 0.222. The van der Waals surface area contributed by atoms with Crippen molar-refractivity contribution in [3.05, 3.63) is 58.9 Å². The van der Waals surface area contributed by atoms with Gasteiger partial charge in [-0.3, -0.25) is 4.79 Å². The Labute approximate surface area is 167 Å². The van der Waals surface area contributed by atoms with Crippen LogP contribution in [0.25, 0.3) is 0 Å². The second-order valence-corrected chi connectivity index (χ2v) is 8.50. The Morgan fingerprint density at radius 1 is 1.18 bits per heavy atom. The maximum Gasteiger partial charge on any atom is 0.340 e. The highest BCUT2D eigenvalue weighted by atomic mass is 35.5. The Balaban J connectivity index is 2.18. The predicted molar refractivity (Wildman–Crippen MR) is 102 cm³/mol. The van der Waals surface area contributed by atoms with Crippen molar-refractivity contribution in [1.29, 1.82) is 0 Å². The number of hydrogen-bond donors (Lipinski definition) is 1. The summed E-state index contributed by atoms with van der Waals surface area (Å²) in [6.07, 6.45) is -1.28. The Bertz CT molecular complexity index is 1010. The van der Waals surface area contributed by atoms with Crippen molar-refractivity contribution in [2.24, 2.45) is 0 Å². The minimum absolute atomic E-state index is 0.0376. The zero-order valence-electron chi connectivity index (χ0n) is 15.3. The molecule has 0 saturated heterocycles. The van der Waals surface area contributed by atoms with E-state index in [9.17, 15) is 22.4 Å². The first-order chi connectivity index (χ1) is 13.0. The summed E-state index contributed by atoms with van der Waals surface area (Å²) in [7, 11) is -1.11. The maximum atomic E-state index is 13.6. The molecule has 1 amide bonds. The number of para-hydroxylation sites is 1. The van der Waals surface area contributed by atoms with Gasteiger partial charge in [0, 0.05) is 14.1 Å². The molecule has 0 saturated carbocycles. The SMILES string of the molecule is C[C@@H](OC(=O)c1cc(S(=O)(=O)N(C)C)ccc1Cl)C(=O)Nc1ccccc1F. The summed E-state index contributed by atoms with van der Waals surface area (Å²) in [5.41, 5.74) is -0.275. The molecule has 0 aromatic heterocycles. The van der Waals surface area contributed by atoms with Crippen molar-refractivity contribution in [1.82, 2.24) is 4.31 Å². The molecule has 1 atom stereocenters. The van der Waals surface area contributed by atoms with Crippen molar-refractivity contribution in [2.45, 2.75) is 17.9 Å². The molecule has 28 heavy (non-hydrogen) atoms. The van der Waals surface area contributed by atoms with Crippen molar-refractivity contribution in [3.8, 4) is 0 Å². The lowest BCUT2D eigenvalue weighted by Crippen LogP contribution is -2.30. The van der Waals surface area contributed by atoms with Crippen LogP contribution in [0.3, 0.4) is 0 Å². The van der Waals surface area contributed by atoms with Gasteiger partial charge in [-0.1, -0.05) is 23.7 Å². The van der Waals surface area contributed by atoms with Crippen LogP contribution in [0.15, 0.2) is 47.4 Å². The number of amides is 1. The molecule has 0 aliphatic carbocycles. The molecule has 150 valence electrons. The summed E-state index contributed by atoms with van der Waals surface area (Å²) in [6.45, 7) is 1.29. The molecule has 2 aromatic carbocycles. The number of hydrogen-bond acceptors (Lipinski definition) is 5. The number of ether oxygens (including phenoxy) is 1. The minimum Gasteiger partial charge on any atom is -0.449 e. The van der Waals surface area contributed by atoms with E-state index in [4.69, 9.17) is 16.3 Å². The van der Waals surface area contributed by atoms with Crippen LogP contribution in [0, 0.1) is 5.82 Å². The molecule has 0 aliphatic rings. The van der Waals surface area contributed by atoms with Crippen molar-refractivity contribution < 1.29 is 27.1 Å². The molecule has 2 aromatic rings. The molecule has 0 fully saturated rings. The normalized spacial score (nSPS) is 12.5. The van der Waals surface area contributed by atoms with Crippen LogP contribution in [0.5, 0.6) is 0 Å². The number of esters is 1. The first kappa shape index (κ1) is 21.8. The van der Waals surface area contributed by atoms with Crippen molar-refractivity contribution in [2.75, 3.05) is 19.4 Å². The Morgan fingerprint density at radius 3 is 2.43 bits per heavy atom. The van der Waals surface area contributed by atoms with Gasteiger partial charge in [-0.15, -0.1) is 0 Å². The van der Waals surface area contributed by atoms with Gasteiger partial charge in [0.25, 0.3) is 5.91 Å². The lowest BCUT2D eigenvalue weighted by molar-refractivity contribution is -0.123. The van der Waals surface area contributed by atoms with Gasteiger partial charge in [0.2, 0.25) is 10.0 Å². The van der Waals surface area contributed by atoms with Crippen molar-refractivity contribution in [3.63, 3.8) is 0 Å². The van der Waals surface area contributed by atoms with Gasteiger partial charge in [-0.2, -0.15) is 0 Å². The number of nitrogens with zero attached hydrogens (tertiary/aromatic N) is 1. The summed E-state index contributed by atoms with van der Waals surface area (Å²) in [4.78, 5) is 24.4. The number of halogens is 2. The number of anilines is 1. The lowest BCUT2D eigenvalue weighted by Gasteiger charge is -2.16. The van der Waals surface area contributed by atoms with E-state index < -0.39 is 33.8 Å². The Kier molecular flexibility index (Phi) is 6.76. The van der Waals surface area contributed by atoms with E-state index in [0.717, 1.165) is 10.4 Å². The number of carbonyl (C=O) groups excluding carboxylic acids is 2. The number of rotatable bonds is 6. The number of benzene rings is 2. The van der Waals surface area contributed by atoms with Gasteiger partial charge in [0.15, 0.2) is 6.10 Å². The summed E-state index contributed by atoms with van der Waals surface area (Å²) in [5, 5.41) is 2.27. The molecule has 0 radical (unpaired) electrons. The van der Waals surface area contributed by atoms with Gasteiger partial charge >= 0.3 is 5.97 Å². The molecule has 0 aliphatic heterocycles. The fourth-order valence-electron chi connectivity index (χ4n) is 2.11. The van der Waals surface area contributed by atoms with Gasteiger partial charge in [-0.25, -0.2) is 21.9 Å². The molecular weight excluding hydrogens is 411 g/mol. The quantitative estimate of drug-likeness (QED) is 0.714. The average molecular weight is 429 g/mol. The van der Waals surface area contributed by atoms with E-state index in [0.29, 0.717) is 0 Å². The third-order valence-corrected chi connectivity index (χ3v) is 5.86. The van der Waals surface area contributed by atoms with Gasteiger partial charge in [0.05, 0.1) is 21.2 Å². The monoisotopic (exact) mass is 428 g/mol. The predicted octanol–water partition coefficient (Wildman–Crippen LogP) is 2.91. The van der Waals surface area contributed by atoms with E-state index >= 15 is 0 Å². The standard InChI is InChI=1S/C18H18ClFN2O5S/c1-11(17(23)21-16-7-5-4-6-15(16)20)27-18(24)13-10-12(8-9-14(13)19)28(25,26)22(2)3/h4-11H,1-3H3,(H,21,23)/t11-/m1/s1. The second kappa shape index (κ2) is 8.68. The molecule has 1 N–H and O–H groups in total. The lowest BCUT2D eigenvalue weighted by atomic mass is 10.2. The Hall–Kier alpha value is -2.49. The molecule has 7 nitrogen and oxygen atoms in total. The molecule has 0 heterocycles. The molecule has 2 rings (SSSR count). The average Bonchev–Trinajstić information content (AvgIpc) is 2.63. The van der Waals surface area contributed by atoms with Crippen LogP contribution >= 0.6 is 11.6 Å². The number of nitrogens with one attached hydrogen (secondary N) is 1. The third kappa shape index (κ3) is 4.86. The van der Waals surface area contributed by atoms with Gasteiger partial charge in [-0.05, 0) is 37.3 Å². The molecule has 0 unspecified atom stereocenters. The molecule has 10 heteroatoms. The molecular formula is C18H18ClFN2O5S.